The van der Waals surface area contributed by atoms with Gasteiger partial charge >= 0.3 is 5.97 Å². The van der Waals surface area contributed by atoms with Gasteiger partial charge in [0.05, 0.1) is 7.11 Å². The average Bonchev–Trinajstić information content (AvgIpc) is 2.38. The quantitative estimate of drug-likeness (QED) is 0.891. The van der Waals surface area contributed by atoms with Crippen LogP contribution in [-0.2, 0) is 10.2 Å². The third-order valence-electron chi connectivity index (χ3n) is 3.76. The standard InChI is InChI=1S/C15H18O3/c1-15(10-6-5-8-12(15)14(16)17)11-7-3-4-9-13(11)18-2/h3-4,7-9H,5-6,10H2,1-2H3,(H,16,17). The van der Waals surface area contributed by atoms with Crippen molar-refractivity contribution in [1.29, 1.82) is 0 Å². The topological polar surface area (TPSA) is 46.5 Å². The number of allylic oxidation sites excluding steroid dienone is 1. The number of hydrogen-bond donors (Lipinski definition) is 1. The third kappa shape index (κ3) is 2.01. The van der Waals surface area contributed by atoms with E-state index >= 15 is 0 Å². The number of rotatable bonds is 3. The number of hydrogen-bond acceptors (Lipinski definition) is 2. The van der Waals surface area contributed by atoms with Crippen molar-refractivity contribution in [2.75, 3.05) is 7.11 Å². The van der Waals surface area contributed by atoms with Gasteiger partial charge in [0.15, 0.2) is 0 Å². The number of carboxylic acids is 1. The van der Waals surface area contributed by atoms with Gasteiger partial charge in [-0.25, -0.2) is 4.79 Å². The molecule has 1 N–H and O–H groups in total. The van der Waals surface area contributed by atoms with E-state index in [0.717, 1.165) is 30.6 Å². The summed E-state index contributed by atoms with van der Waals surface area (Å²) in [5.74, 6) is -0.0721. The fourth-order valence-electron chi connectivity index (χ4n) is 2.77. The Bertz CT molecular complexity index is 490. The molecule has 96 valence electrons. The molecule has 0 spiro atoms. The molecule has 0 heterocycles. The van der Waals surface area contributed by atoms with Crippen molar-refractivity contribution in [2.24, 2.45) is 0 Å². The summed E-state index contributed by atoms with van der Waals surface area (Å²) >= 11 is 0. The summed E-state index contributed by atoms with van der Waals surface area (Å²) in [5.41, 5.74) is 0.982. The summed E-state index contributed by atoms with van der Waals surface area (Å²) in [6.45, 7) is 1.99. The van der Waals surface area contributed by atoms with Crippen LogP contribution in [0.1, 0.15) is 31.7 Å². The van der Waals surface area contributed by atoms with Crippen LogP contribution in [0.2, 0.25) is 0 Å². The van der Waals surface area contributed by atoms with Crippen molar-refractivity contribution >= 4 is 5.97 Å². The molecule has 0 saturated heterocycles. The predicted molar refractivity (Wildman–Crippen MR) is 69.9 cm³/mol. The summed E-state index contributed by atoms with van der Waals surface area (Å²) in [6, 6.07) is 7.67. The summed E-state index contributed by atoms with van der Waals surface area (Å²) in [5, 5.41) is 9.39. The minimum absolute atomic E-state index is 0.462. The van der Waals surface area contributed by atoms with Gasteiger partial charge in [0.2, 0.25) is 0 Å². The maximum absolute atomic E-state index is 11.4. The number of carboxylic acid groups (broad SMARTS) is 1. The lowest BCUT2D eigenvalue weighted by Gasteiger charge is -2.34. The lowest BCUT2D eigenvalue weighted by atomic mass is 9.69. The second kappa shape index (κ2) is 4.84. The highest BCUT2D eigenvalue weighted by molar-refractivity contribution is 5.90. The molecule has 1 aliphatic carbocycles. The predicted octanol–water partition coefficient (Wildman–Crippen LogP) is 3.15. The monoisotopic (exact) mass is 246 g/mol. The molecule has 0 amide bonds. The van der Waals surface area contributed by atoms with Crippen molar-refractivity contribution in [3.8, 4) is 5.75 Å². The van der Waals surface area contributed by atoms with Crippen LogP contribution in [-0.4, -0.2) is 18.2 Å². The van der Waals surface area contributed by atoms with E-state index in [-0.39, 0.29) is 0 Å². The van der Waals surface area contributed by atoms with Gasteiger partial charge in [-0.05, 0) is 25.3 Å². The first-order chi connectivity index (χ1) is 8.59. The van der Waals surface area contributed by atoms with Gasteiger partial charge in [0.25, 0.3) is 0 Å². The molecular weight excluding hydrogens is 228 g/mol. The van der Waals surface area contributed by atoms with Crippen LogP contribution in [0.4, 0.5) is 0 Å². The van der Waals surface area contributed by atoms with Gasteiger partial charge in [0, 0.05) is 16.6 Å². The van der Waals surface area contributed by atoms with E-state index in [1.54, 1.807) is 7.11 Å². The van der Waals surface area contributed by atoms with Crippen LogP contribution in [0.5, 0.6) is 5.75 Å². The van der Waals surface area contributed by atoms with Crippen LogP contribution in [0.15, 0.2) is 35.9 Å². The molecule has 0 fully saturated rings. The molecular formula is C15H18O3. The molecule has 1 unspecified atom stereocenters. The second-order valence-corrected chi connectivity index (χ2v) is 4.85. The van der Waals surface area contributed by atoms with E-state index in [4.69, 9.17) is 4.74 Å². The van der Waals surface area contributed by atoms with E-state index < -0.39 is 11.4 Å². The van der Waals surface area contributed by atoms with Gasteiger partial charge in [-0.3, -0.25) is 0 Å². The Hall–Kier alpha value is -1.77. The van der Waals surface area contributed by atoms with E-state index in [9.17, 15) is 9.90 Å². The minimum atomic E-state index is -0.830. The summed E-state index contributed by atoms with van der Waals surface area (Å²) < 4.78 is 5.37. The number of carbonyl (C=O) groups is 1. The second-order valence-electron chi connectivity index (χ2n) is 4.85. The van der Waals surface area contributed by atoms with Crippen LogP contribution in [0, 0.1) is 0 Å². The van der Waals surface area contributed by atoms with E-state index in [0.29, 0.717) is 5.57 Å². The molecule has 0 aliphatic heterocycles. The summed E-state index contributed by atoms with van der Waals surface area (Å²) in [6.07, 6.45) is 4.53. The zero-order valence-electron chi connectivity index (χ0n) is 10.8. The smallest absolute Gasteiger partial charge is 0.332 e. The fourth-order valence-corrected chi connectivity index (χ4v) is 2.77. The highest BCUT2D eigenvalue weighted by Crippen LogP contribution is 2.44. The number of methoxy groups -OCH3 is 1. The number of aliphatic carboxylic acids is 1. The van der Waals surface area contributed by atoms with Crippen LogP contribution in [0.25, 0.3) is 0 Å². The van der Waals surface area contributed by atoms with Gasteiger partial charge in [-0.2, -0.15) is 0 Å². The Kier molecular flexibility index (Phi) is 3.41. The Balaban J connectivity index is 2.55. The number of benzene rings is 1. The first kappa shape index (κ1) is 12.7. The first-order valence-electron chi connectivity index (χ1n) is 6.17. The van der Waals surface area contributed by atoms with Crippen molar-refractivity contribution < 1.29 is 14.6 Å². The first-order valence-corrected chi connectivity index (χ1v) is 6.17. The molecule has 3 nitrogen and oxygen atoms in total. The zero-order chi connectivity index (χ0) is 13.2. The lowest BCUT2D eigenvalue weighted by molar-refractivity contribution is -0.133. The normalized spacial score (nSPS) is 23.3. The Morgan fingerprint density at radius 3 is 2.78 bits per heavy atom. The zero-order valence-corrected chi connectivity index (χ0v) is 10.8. The Morgan fingerprint density at radius 1 is 1.39 bits per heavy atom. The van der Waals surface area contributed by atoms with Crippen molar-refractivity contribution in [3.05, 3.63) is 41.5 Å². The molecule has 0 radical (unpaired) electrons. The largest absolute Gasteiger partial charge is 0.496 e. The van der Waals surface area contributed by atoms with Crippen LogP contribution in [0.3, 0.4) is 0 Å². The average molecular weight is 246 g/mol. The fraction of sp³-hybridized carbons (Fsp3) is 0.400. The van der Waals surface area contributed by atoms with E-state index in [1.165, 1.54) is 0 Å². The highest BCUT2D eigenvalue weighted by atomic mass is 16.5. The van der Waals surface area contributed by atoms with E-state index in [2.05, 4.69) is 0 Å². The molecule has 18 heavy (non-hydrogen) atoms. The van der Waals surface area contributed by atoms with Gasteiger partial charge < -0.3 is 9.84 Å². The van der Waals surface area contributed by atoms with E-state index in [1.807, 2.05) is 37.3 Å². The Labute approximate surface area is 107 Å². The summed E-state index contributed by atoms with van der Waals surface area (Å²) in [7, 11) is 1.62. The van der Waals surface area contributed by atoms with Crippen molar-refractivity contribution in [3.63, 3.8) is 0 Å². The molecule has 0 saturated carbocycles. The molecule has 1 aromatic carbocycles. The molecule has 2 rings (SSSR count). The van der Waals surface area contributed by atoms with Gasteiger partial charge in [-0.15, -0.1) is 0 Å². The molecule has 3 heteroatoms. The SMILES string of the molecule is COc1ccccc1C1(C)CCCC=C1C(=O)O. The van der Waals surface area contributed by atoms with Crippen molar-refractivity contribution in [1.82, 2.24) is 0 Å². The minimum Gasteiger partial charge on any atom is -0.496 e. The molecule has 1 atom stereocenters. The van der Waals surface area contributed by atoms with Crippen LogP contribution >= 0.6 is 0 Å². The number of para-hydroxylation sites is 1. The number of ether oxygens (including phenoxy) is 1. The maximum atomic E-state index is 11.4. The third-order valence-corrected chi connectivity index (χ3v) is 3.76. The Morgan fingerprint density at radius 2 is 2.11 bits per heavy atom. The van der Waals surface area contributed by atoms with Crippen molar-refractivity contribution in [2.45, 2.75) is 31.6 Å². The molecule has 1 aromatic rings. The lowest BCUT2D eigenvalue weighted by Crippen LogP contribution is -2.31. The van der Waals surface area contributed by atoms with Crippen LogP contribution < -0.4 is 4.74 Å². The molecule has 1 aliphatic rings. The van der Waals surface area contributed by atoms with Gasteiger partial charge in [-0.1, -0.05) is 31.2 Å². The molecule has 0 bridgehead atoms. The maximum Gasteiger partial charge on any atom is 0.332 e. The highest BCUT2D eigenvalue weighted by Gasteiger charge is 2.38. The summed E-state index contributed by atoms with van der Waals surface area (Å²) in [4.78, 5) is 11.4. The van der Waals surface area contributed by atoms with Gasteiger partial charge in [0.1, 0.15) is 5.75 Å². The molecule has 0 aromatic heterocycles.